The van der Waals surface area contributed by atoms with Crippen molar-refractivity contribution in [1.82, 2.24) is 5.48 Å². The molecule has 62 valence electrons. The van der Waals surface area contributed by atoms with Gasteiger partial charge >= 0.3 is 5.97 Å². The molecule has 4 nitrogen and oxygen atoms in total. The van der Waals surface area contributed by atoms with Crippen LogP contribution in [0.15, 0.2) is 12.2 Å². The van der Waals surface area contributed by atoms with Crippen LogP contribution in [0.5, 0.6) is 0 Å². The van der Waals surface area contributed by atoms with E-state index in [0.717, 1.165) is 0 Å². The second-order valence-electron chi connectivity index (χ2n) is 2.35. The Morgan fingerprint density at radius 2 is 2.36 bits per heavy atom. The minimum Gasteiger partial charge on any atom is -0.467 e. The molecule has 0 aliphatic carbocycles. The Morgan fingerprint density at radius 3 is 2.82 bits per heavy atom. The number of carbonyl (C=O) groups is 1. The van der Waals surface area contributed by atoms with Crippen LogP contribution in [0.2, 0.25) is 0 Å². The molecule has 0 radical (unpaired) electrons. The fourth-order valence-electron chi connectivity index (χ4n) is 0.770. The summed E-state index contributed by atoms with van der Waals surface area (Å²) in [6.07, 6.45) is 2.93. The molecule has 0 bridgehead atoms. The van der Waals surface area contributed by atoms with Gasteiger partial charge in [0, 0.05) is 6.04 Å². The van der Waals surface area contributed by atoms with Gasteiger partial charge in [-0.3, -0.25) is 4.84 Å². The van der Waals surface area contributed by atoms with Gasteiger partial charge in [0.2, 0.25) is 0 Å². The van der Waals surface area contributed by atoms with E-state index in [0.29, 0.717) is 0 Å². The van der Waals surface area contributed by atoms with Crippen molar-refractivity contribution in [1.29, 1.82) is 0 Å². The molecule has 0 aromatic rings. The van der Waals surface area contributed by atoms with E-state index in [2.05, 4.69) is 10.2 Å². The molecule has 0 saturated carbocycles. The molecular formula is C7H11NO3. The predicted molar refractivity (Wildman–Crippen MR) is 38.6 cm³/mol. The average molecular weight is 157 g/mol. The maximum Gasteiger partial charge on any atom is 0.341 e. The highest BCUT2D eigenvalue weighted by Crippen LogP contribution is 2.02. The molecule has 4 heteroatoms. The molecule has 2 unspecified atom stereocenters. The lowest BCUT2D eigenvalue weighted by Crippen LogP contribution is -2.38. The van der Waals surface area contributed by atoms with Gasteiger partial charge in [0.05, 0.1) is 7.11 Å². The van der Waals surface area contributed by atoms with Crippen molar-refractivity contribution in [2.75, 3.05) is 7.11 Å². The number of nitrogens with one attached hydrogen (secondary N) is 1. The van der Waals surface area contributed by atoms with Gasteiger partial charge in [-0.25, -0.2) is 4.79 Å². The molecule has 0 fully saturated rings. The monoisotopic (exact) mass is 157 g/mol. The SMILES string of the molecule is COC(=O)C1C=CC(C)NO1. The summed E-state index contributed by atoms with van der Waals surface area (Å²) in [5.74, 6) is -0.388. The van der Waals surface area contributed by atoms with Crippen molar-refractivity contribution >= 4 is 5.97 Å². The van der Waals surface area contributed by atoms with Crippen LogP contribution in [0, 0.1) is 0 Å². The van der Waals surface area contributed by atoms with E-state index in [1.54, 1.807) is 6.08 Å². The van der Waals surface area contributed by atoms with Crippen LogP contribution >= 0.6 is 0 Å². The first kappa shape index (κ1) is 8.23. The largest absolute Gasteiger partial charge is 0.467 e. The van der Waals surface area contributed by atoms with Crippen LogP contribution in [-0.4, -0.2) is 25.2 Å². The molecule has 1 heterocycles. The summed E-state index contributed by atoms with van der Waals surface area (Å²) < 4.78 is 4.47. The second-order valence-corrected chi connectivity index (χ2v) is 2.35. The summed E-state index contributed by atoms with van der Waals surface area (Å²) in [7, 11) is 1.33. The molecule has 1 rings (SSSR count). The molecule has 0 amide bonds. The van der Waals surface area contributed by atoms with Crippen LogP contribution in [0.3, 0.4) is 0 Å². The number of hydroxylamine groups is 1. The lowest BCUT2D eigenvalue weighted by Gasteiger charge is -2.19. The molecule has 1 aliphatic rings. The van der Waals surface area contributed by atoms with Crippen molar-refractivity contribution in [3.63, 3.8) is 0 Å². The Labute approximate surface area is 65.1 Å². The third-order valence-electron chi connectivity index (χ3n) is 1.39. The van der Waals surface area contributed by atoms with Gasteiger partial charge in [0.1, 0.15) is 0 Å². The van der Waals surface area contributed by atoms with Gasteiger partial charge in [0.25, 0.3) is 0 Å². The third-order valence-corrected chi connectivity index (χ3v) is 1.39. The number of esters is 1. The first-order valence-electron chi connectivity index (χ1n) is 3.41. The molecule has 11 heavy (non-hydrogen) atoms. The zero-order valence-corrected chi connectivity index (χ0v) is 6.53. The molecule has 1 aliphatic heterocycles. The zero-order valence-electron chi connectivity index (χ0n) is 6.53. The molecule has 2 atom stereocenters. The van der Waals surface area contributed by atoms with E-state index in [1.807, 2.05) is 13.0 Å². The minimum absolute atomic E-state index is 0.149. The van der Waals surface area contributed by atoms with Crippen molar-refractivity contribution in [2.45, 2.75) is 19.1 Å². The minimum atomic E-state index is -0.601. The van der Waals surface area contributed by atoms with Gasteiger partial charge in [-0.15, -0.1) is 0 Å². The van der Waals surface area contributed by atoms with Crippen LogP contribution in [-0.2, 0) is 14.4 Å². The second kappa shape index (κ2) is 3.50. The zero-order chi connectivity index (χ0) is 8.27. The molecule has 0 aromatic carbocycles. The van der Waals surface area contributed by atoms with Crippen LogP contribution < -0.4 is 5.48 Å². The van der Waals surface area contributed by atoms with E-state index >= 15 is 0 Å². The third kappa shape index (κ3) is 2.03. The summed E-state index contributed by atoms with van der Waals surface area (Å²) in [6.45, 7) is 1.92. The van der Waals surface area contributed by atoms with Crippen molar-refractivity contribution in [2.24, 2.45) is 0 Å². The number of methoxy groups -OCH3 is 1. The fourth-order valence-corrected chi connectivity index (χ4v) is 0.770. The number of carbonyl (C=O) groups excluding carboxylic acids is 1. The fraction of sp³-hybridized carbons (Fsp3) is 0.571. The lowest BCUT2D eigenvalue weighted by molar-refractivity contribution is -0.156. The van der Waals surface area contributed by atoms with E-state index < -0.39 is 6.10 Å². The molecule has 0 spiro atoms. The molecule has 0 saturated heterocycles. The van der Waals surface area contributed by atoms with Gasteiger partial charge in [-0.2, -0.15) is 5.48 Å². The van der Waals surface area contributed by atoms with Crippen molar-refractivity contribution < 1.29 is 14.4 Å². The first-order chi connectivity index (χ1) is 5.24. The summed E-state index contributed by atoms with van der Waals surface area (Å²) in [5.41, 5.74) is 2.66. The van der Waals surface area contributed by atoms with E-state index in [4.69, 9.17) is 4.84 Å². The summed E-state index contributed by atoms with van der Waals surface area (Å²) in [4.78, 5) is 15.8. The highest BCUT2D eigenvalue weighted by atomic mass is 16.7. The lowest BCUT2D eigenvalue weighted by atomic mass is 10.2. The normalized spacial score (nSPS) is 30.0. The van der Waals surface area contributed by atoms with E-state index in [9.17, 15) is 4.79 Å². The highest BCUT2D eigenvalue weighted by molar-refractivity contribution is 5.76. The summed E-state index contributed by atoms with van der Waals surface area (Å²) >= 11 is 0. The van der Waals surface area contributed by atoms with Crippen LogP contribution in [0.1, 0.15) is 6.92 Å². The number of rotatable bonds is 1. The van der Waals surface area contributed by atoms with Crippen LogP contribution in [0.25, 0.3) is 0 Å². The Morgan fingerprint density at radius 1 is 1.64 bits per heavy atom. The molecule has 1 N–H and O–H groups in total. The quantitative estimate of drug-likeness (QED) is 0.430. The standard InChI is InChI=1S/C7H11NO3/c1-5-3-4-6(11-8-5)7(9)10-2/h3-6,8H,1-2H3. The number of hydrogen-bond acceptors (Lipinski definition) is 4. The highest BCUT2D eigenvalue weighted by Gasteiger charge is 2.20. The van der Waals surface area contributed by atoms with Crippen molar-refractivity contribution in [3.8, 4) is 0 Å². The Hall–Kier alpha value is -0.870. The summed E-state index contributed by atoms with van der Waals surface area (Å²) in [5, 5.41) is 0. The topological polar surface area (TPSA) is 47.6 Å². The van der Waals surface area contributed by atoms with E-state index in [1.165, 1.54) is 7.11 Å². The first-order valence-corrected chi connectivity index (χ1v) is 3.41. The van der Waals surface area contributed by atoms with Crippen LogP contribution in [0.4, 0.5) is 0 Å². The number of hydrogen-bond donors (Lipinski definition) is 1. The molecular weight excluding hydrogens is 146 g/mol. The molecule has 0 aromatic heterocycles. The van der Waals surface area contributed by atoms with Crippen molar-refractivity contribution in [3.05, 3.63) is 12.2 Å². The van der Waals surface area contributed by atoms with Gasteiger partial charge in [0.15, 0.2) is 6.10 Å². The Bertz CT molecular complexity index is 179. The maximum atomic E-state index is 10.8. The van der Waals surface area contributed by atoms with Gasteiger partial charge in [-0.05, 0) is 13.0 Å². The Kier molecular flexibility index (Phi) is 2.62. The van der Waals surface area contributed by atoms with Gasteiger partial charge < -0.3 is 4.74 Å². The predicted octanol–water partition coefficient (Wildman–Crippen LogP) is 0.00750. The Balaban J connectivity index is 2.50. The smallest absolute Gasteiger partial charge is 0.341 e. The average Bonchev–Trinajstić information content (AvgIpc) is 2.05. The van der Waals surface area contributed by atoms with E-state index in [-0.39, 0.29) is 12.0 Å². The van der Waals surface area contributed by atoms with Gasteiger partial charge in [-0.1, -0.05) is 6.08 Å². The number of ether oxygens (including phenoxy) is 1. The summed E-state index contributed by atoms with van der Waals surface area (Å²) in [6, 6.07) is 0.149. The maximum absolute atomic E-state index is 10.8.